The van der Waals surface area contributed by atoms with Gasteiger partial charge in [-0.05, 0) is 38.8 Å². The van der Waals surface area contributed by atoms with Gasteiger partial charge in [0.25, 0.3) is 0 Å². The summed E-state index contributed by atoms with van der Waals surface area (Å²) >= 11 is 0. The van der Waals surface area contributed by atoms with Gasteiger partial charge >= 0.3 is 0 Å². The van der Waals surface area contributed by atoms with E-state index in [4.69, 9.17) is 0 Å². The molecule has 21 heavy (non-hydrogen) atoms. The van der Waals surface area contributed by atoms with E-state index in [-0.39, 0.29) is 6.04 Å². The summed E-state index contributed by atoms with van der Waals surface area (Å²) in [7, 11) is -3.42. The van der Waals surface area contributed by atoms with E-state index in [1.165, 1.54) is 0 Å². The van der Waals surface area contributed by atoms with Crippen LogP contribution < -0.4 is 10.0 Å². The lowest BCUT2D eigenvalue weighted by Gasteiger charge is -2.13. The van der Waals surface area contributed by atoms with Crippen LogP contribution in [0.4, 0.5) is 0 Å². The second kappa shape index (κ2) is 8.56. The molecule has 0 aromatic carbocycles. The van der Waals surface area contributed by atoms with E-state index in [1.807, 2.05) is 25.3 Å². The first kappa shape index (κ1) is 18.2. The van der Waals surface area contributed by atoms with Gasteiger partial charge in [-0.25, -0.2) is 13.1 Å². The summed E-state index contributed by atoms with van der Waals surface area (Å²) in [5.41, 5.74) is 1.01. The van der Waals surface area contributed by atoms with Crippen LogP contribution in [-0.2, 0) is 23.1 Å². The predicted molar refractivity (Wildman–Crippen MR) is 86.8 cm³/mol. The maximum absolute atomic E-state index is 12.4. The fourth-order valence-electron chi connectivity index (χ4n) is 2.25. The van der Waals surface area contributed by atoms with Crippen LogP contribution in [0.25, 0.3) is 0 Å². The molecule has 1 heterocycles. The molecule has 0 bridgehead atoms. The second-order valence-electron chi connectivity index (χ2n) is 5.26. The standard InChI is InChI=1S/C15H29N3O2S/c1-5-9-16-11-14-10-15(12-18(14)8-4)21(19,20)17-13(6-2)7-3/h10,12-13,16-17H,5-9,11H2,1-4H3. The Morgan fingerprint density at radius 3 is 2.38 bits per heavy atom. The third kappa shape index (κ3) is 5.13. The molecule has 1 rings (SSSR count). The number of aromatic nitrogens is 1. The van der Waals surface area contributed by atoms with E-state index in [1.54, 1.807) is 12.3 Å². The van der Waals surface area contributed by atoms with Crippen LogP contribution in [0.3, 0.4) is 0 Å². The molecule has 5 nitrogen and oxygen atoms in total. The van der Waals surface area contributed by atoms with Crippen molar-refractivity contribution in [3.8, 4) is 0 Å². The first-order valence-electron chi connectivity index (χ1n) is 7.90. The number of nitrogens with one attached hydrogen (secondary N) is 2. The summed E-state index contributed by atoms with van der Waals surface area (Å²) in [5, 5.41) is 3.32. The Morgan fingerprint density at radius 1 is 1.19 bits per heavy atom. The molecule has 122 valence electrons. The highest BCUT2D eigenvalue weighted by Gasteiger charge is 2.20. The Hall–Kier alpha value is -0.850. The zero-order valence-corrected chi connectivity index (χ0v) is 14.5. The van der Waals surface area contributed by atoms with Crippen LogP contribution in [0.15, 0.2) is 17.2 Å². The van der Waals surface area contributed by atoms with Crippen LogP contribution in [0, 0.1) is 0 Å². The average molecular weight is 315 g/mol. The molecule has 0 spiro atoms. The summed E-state index contributed by atoms with van der Waals surface area (Å²) in [6.07, 6.45) is 4.39. The highest BCUT2D eigenvalue weighted by Crippen LogP contribution is 2.16. The van der Waals surface area contributed by atoms with Crippen molar-refractivity contribution in [2.24, 2.45) is 0 Å². The van der Waals surface area contributed by atoms with Gasteiger partial charge in [0.1, 0.15) is 0 Å². The molecule has 2 N–H and O–H groups in total. The van der Waals surface area contributed by atoms with Crippen LogP contribution >= 0.6 is 0 Å². The zero-order chi connectivity index (χ0) is 15.9. The molecule has 0 atom stereocenters. The Labute approximate surface area is 129 Å². The normalized spacial score (nSPS) is 12.2. The van der Waals surface area contributed by atoms with Gasteiger partial charge in [0, 0.05) is 31.0 Å². The monoisotopic (exact) mass is 315 g/mol. The van der Waals surface area contributed by atoms with Crippen molar-refractivity contribution in [1.82, 2.24) is 14.6 Å². The Balaban J connectivity index is 2.91. The van der Waals surface area contributed by atoms with Crippen molar-refractivity contribution < 1.29 is 8.42 Å². The van der Waals surface area contributed by atoms with Gasteiger partial charge in [0.05, 0.1) is 4.90 Å². The number of aryl methyl sites for hydroxylation is 1. The van der Waals surface area contributed by atoms with Gasteiger partial charge in [0.2, 0.25) is 10.0 Å². The molecule has 0 amide bonds. The minimum absolute atomic E-state index is 0.00152. The number of sulfonamides is 1. The Morgan fingerprint density at radius 2 is 1.86 bits per heavy atom. The van der Waals surface area contributed by atoms with Gasteiger partial charge in [-0.1, -0.05) is 20.8 Å². The summed E-state index contributed by atoms with van der Waals surface area (Å²) in [6, 6.07) is 1.78. The molecule has 0 fully saturated rings. The summed E-state index contributed by atoms with van der Waals surface area (Å²) in [6.45, 7) is 10.5. The minimum Gasteiger partial charge on any atom is -0.349 e. The highest BCUT2D eigenvalue weighted by molar-refractivity contribution is 7.89. The zero-order valence-electron chi connectivity index (χ0n) is 13.6. The molecule has 1 aromatic heterocycles. The largest absolute Gasteiger partial charge is 0.349 e. The van der Waals surface area contributed by atoms with Crippen LogP contribution in [0.5, 0.6) is 0 Å². The summed E-state index contributed by atoms with van der Waals surface area (Å²) in [4.78, 5) is 0.365. The summed E-state index contributed by atoms with van der Waals surface area (Å²) in [5.74, 6) is 0. The lowest BCUT2D eigenvalue weighted by atomic mass is 10.2. The number of hydrogen-bond donors (Lipinski definition) is 2. The van der Waals surface area contributed by atoms with Crippen molar-refractivity contribution in [1.29, 1.82) is 0 Å². The molecule has 0 aliphatic rings. The Bertz CT molecular complexity index is 519. The molecule has 0 radical (unpaired) electrons. The first-order valence-corrected chi connectivity index (χ1v) is 9.38. The van der Waals surface area contributed by atoms with Crippen molar-refractivity contribution in [3.63, 3.8) is 0 Å². The van der Waals surface area contributed by atoms with Gasteiger partial charge < -0.3 is 9.88 Å². The first-order chi connectivity index (χ1) is 9.98. The summed E-state index contributed by atoms with van der Waals surface area (Å²) < 4.78 is 29.6. The minimum atomic E-state index is -3.42. The van der Waals surface area contributed by atoms with Crippen molar-refractivity contribution >= 4 is 10.0 Å². The van der Waals surface area contributed by atoms with E-state index in [2.05, 4.69) is 17.0 Å². The molecule has 0 aliphatic heterocycles. The van der Waals surface area contributed by atoms with Crippen molar-refractivity contribution in [2.45, 2.75) is 71.0 Å². The van der Waals surface area contributed by atoms with Crippen LogP contribution in [0.2, 0.25) is 0 Å². The van der Waals surface area contributed by atoms with Gasteiger partial charge in [0.15, 0.2) is 0 Å². The maximum Gasteiger partial charge on any atom is 0.242 e. The molecule has 6 heteroatoms. The topological polar surface area (TPSA) is 63.1 Å². The maximum atomic E-state index is 12.4. The van der Waals surface area contributed by atoms with E-state index < -0.39 is 10.0 Å². The SMILES string of the molecule is CCCNCc1cc(S(=O)(=O)NC(CC)CC)cn1CC. The third-order valence-corrected chi connectivity index (χ3v) is 5.14. The molecule has 0 aliphatic carbocycles. The lowest BCUT2D eigenvalue weighted by molar-refractivity contribution is 0.530. The third-order valence-electron chi connectivity index (χ3n) is 3.65. The molecule has 1 aromatic rings. The molecular weight excluding hydrogens is 286 g/mol. The molecular formula is C15H29N3O2S. The van der Waals surface area contributed by atoms with Gasteiger partial charge in [-0.15, -0.1) is 0 Å². The lowest BCUT2D eigenvalue weighted by Crippen LogP contribution is -2.33. The van der Waals surface area contributed by atoms with Gasteiger partial charge in [-0.2, -0.15) is 0 Å². The van der Waals surface area contributed by atoms with E-state index >= 15 is 0 Å². The number of rotatable bonds is 10. The smallest absolute Gasteiger partial charge is 0.242 e. The molecule has 0 saturated heterocycles. The van der Waals surface area contributed by atoms with Crippen LogP contribution in [0.1, 0.15) is 52.7 Å². The van der Waals surface area contributed by atoms with Crippen molar-refractivity contribution in [2.75, 3.05) is 6.54 Å². The van der Waals surface area contributed by atoms with Gasteiger partial charge in [-0.3, -0.25) is 0 Å². The van der Waals surface area contributed by atoms with E-state index in [0.29, 0.717) is 11.4 Å². The number of nitrogens with zero attached hydrogens (tertiary/aromatic N) is 1. The second-order valence-corrected chi connectivity index (χ2v) is 6.98. The van der Waals surface area contributed by atoms with E-state index in [0.717, 1.165) is 38.0 Å². The molecule has 0 saturated carbocycles. The average Bonchev–Trinajstić information content (AvgIpc) is 2.89. The fourth-order valence-corrected chi connectivity index (χ4v) is 3.72. The quantitative estimate of drug-likeness (QED) is 0.652. The fraction of sp³-hybridized carbons (Fsp3) is 0.733. The molecule has 0 unspecified atom stereocenters. The predicted octanol–water partition coefficient (Wildman–Crippen LogP) is 2.47. The van der Waals surface area contributed by atoms with Crippen LogP contribution in [-0.4, -0.2) is 25.6 Å². The van der Waals surface area contributed by atoms with E-state index in [9.17, 15) is 8.42 Å². The highest BCUT2D eigenvalue weighted by atomic mass is 32.2. The Kier molecular flexibility index (Phi) is 7.42. The number of hydrogen-bond acceptors (Lipinski definition) is 3. The van der Waals surface area contributed by atoms with Crippen molar-refractivity contribution in [3.05, 3.63) is 18.0 Å².